The highest BCUT2D eigenvalue weighted by Gasteiger charge is 2.21. The molecular weight excluding hydrogens is 148 g/mol. The Morgan fingerprint density at radius 1 is 1.50 bits per heavy atom. The third-order valence-electron chi connectivity index (χ3n) is 2.68. The van der Waals surface area contributed by atoms with E-state index in [2.05, 4.69) is 29.6 Å². The zero-order valence-electron chi connectivity index (χ0n) is 7.83. The van der Waals surface area contributed by atoms with Gasteiger partial charge in [-0.25, -0.2) is 4.98 Å². The van der Waals surface area contributed by atoms with E-state index in [-0.39, 0.29) is 0 Å². The lowest BCUT2D eigenvalue weighted by molar-refractivity contribution is 0.303. The number of hydrogen-bond donors (Lipinski definition) is 0. The predicted molar refractivity (Wildman–Crippen MR) is 49.2 cm³/mol. The van der Waals surface area contributed by atoms with Gasteiger partial charge in [0.05, 0.1) is 0 Å². The van der Waals surface area contributed by atoms with Crippen molar-refractivity contribution in [1.29, 1.82) is 0 Å². The number of imidazole rings is 1. The summed E-state index contributed by atoms with van der Waals surface area (Å²) in [5, 5.41) is 0. The van der Waals surface area contributed by atoms with Gasteiger partial charge in [0.2, 0.25) is 0 Å². The molecule has 0 N–H and O–H groups in total. The minimum absolute atomic E-state index is 0.556. The Bertz CT molecular complexity index is 259. The van der Waals surface area contributed by atoms with E-state index in [1.54, 1.807) is 0 Å². The van der Waals surface area contributed by atoms with E-state index < -0.39 is 0 Å². The minimum atomic E-state index is 0.556. The second kappa shape index (κ2) is 2.92. The topological polar surface area (TPSA) is 17.8 Å². The maximum absolute atomic E-state index is 4.38. The van der Waals surface area contributed by atoms with Crippen LogP contribution in [0.5, 0.6) is 0 Å². The third kappa shape index (κ3) is 1.15. The van der Waals surface area contributed by atoms with Crippen molar-refractivity contribution in [3.63, 3.8) is 0 Å². The van der Waals surface area contributed by atoms with E-state index in [1.807, 2.05) is 6.20 Å². The van der Waals surface area contributed by atoms with Crippen LogP contribution in [0.4, 0.5) is 0 Å². The molecule has 1 aromatic heterocycles. The summed E-state index contributed by atoms with van der Waals surface area (Å²) in [4.78, 5) is 4.38. The number of aromatic nitrogens is 2. The van der Waals surface area contributed by atoms with Gasteiger partial charge in [-0.05, 0) is 19.3 Å². The molecule has 0 bridgehead atoms. The zero-order valence-corrected chi connectivity index (χ0v) is 7.83. The molecule has 66 valence electrons. The van der Waals surface area contributed by atoms with E-state index in [1.165, 1.54) is 25.1 Å². The van der Waals surface area contributed by atoms with Crippen LogP contribution in [0.1, 0.15) is 50.9 Å². The van der Waals surface area contributed by atoms with Crippen molar-refractivity contribution in [3.05, 3.63) is 18.2 Å². The Morgan fingerprint density at radius 3 is 2.75 bits per heavy atom. The third-order valence-corrected chi connectivity index (χ3v) is 2.68. The predicted octanol–water partition coefficient (Wildman–Crippen LogP) is 2.73. The fraction of sp³-hybridized carbons (Fsp3) is 0.700. The normalized spacial score (nSPS) is 18.2. The Labute approximate surface area is 73.6 Å². The molecule has 2 rings (SSSR count). The molecule has 0 aliphatic heterocycles. The van der Waals surface area contributed by atoms with Crippen molar-refractivity contribution in [2.75, 3.05) is 0 Å². The lowest BCUT2D eigenvalue weighted by Gasteiger charge is -2.29. The maximum Gasteiger partial charge on any atom is 0.111 e. The molecule has 0 atom stereocenters. The number of rotatable bonds is 2. The summed E-state index contributed by atoms with van der Waals surface area (Å²) in [6.07, 6.45) is 8.12. The molecule has 0 radical (unpaired) electrons. The van der Waals surface area contributed by atoms with Crippen LogP contribution in [0.25, 0.3) is 0 Å². The molecular formula is C10H16N2. The summed E-state index contributed by atoms with van der Waals surface area (Å²) in [5.41, 5.74) is 0. The molecule has 1 aliphatic carbocycles. The first-order valence-electron chi connectivity index (χ1n) is 4.82. The number of nitrogens with zero attached hydrogens (tertiary/aromatic N) is 2. The largest absolute Gasteiger partial charge is 0.332 e. The van der Waals surface area contributed by atoms with E-state index in [0.29, 0.717) is 5.92 Å². The summed E-state index contributed by atoms with van der Waals surface area (Å²) in [5.74, 6) is 1.81. The summed E-state index contributed by atoms with van der Waals surface area (Å²) in [7, 11) is 0. The van der Waals surface area contributed by atoms with Crippen molar-refractivity contribution in [1.82, 2.24) is 9.55 Å². The van der Waals surface area contributed by atoms with Crippen LogP contribution < -0.4 is 0 Å². The quantitative estimate of drug-likeness (QED) is 0.657. The van der Waals surface area contributed by atoms with Gasteiger partial charge < -0.3 is 4.57 Å². The molecule has 0 saturated heterocycles. The van der Waals surface area contributed by atoms with Gasteiger partial charge in [0, 0.05) is 24.4 Å². The highest BCUT2D eigenvalue weighted by atomic mass is 15.1. The van der Waals surface area contributed by atoms with Gasteiger partial charge in [-0.15, -0.1) is 0 Å². The molecule has 1 saturated carbocycles. The molecule has 1 fully saturated rings. The summed E-state index contributed by atoms with van der Waals surface area (Å²) in [6.45, 7) is 4.41. The van der Waals surface area contributed by atoms with Crippen LogP contribution in [0.2, 0.25) is 0 Å². The molecule has 2 nitrogen and oxygen atoms in total. The fourth-order valence-corrected chi connectivity index (χ4v) is 1.75. The molecule has 0 aromatic carbocycles. The standard InChI is InChI=1S/C10H16N2/c1-8(2)10-11-6-7-12(10)9-4-3-5-9/h6-9H,3-5H2,1-2H3. The van der Waals surface area contributed by atoms with Gasteiger partial charge in [0.15, 0.2) is 0 Å². The summed E-state index contributed by atoms with van der Waals surface area (Å²) < 4.78 is 2.36. The average molecular weight is 164 g/mol. The first-order chi connectivity index (χ1) is 5.79. The molecule has 1 aliphatic rings. The Kier molecular flexibility index (Phi) is 1.91. The lowest BCUT2D eigenvalue weighted by atomic mass is 9.92. The summed E-state index contributed by atoms with van der Waals surface area (Å²) >= 11 is 0. The summed E-state index contributed by atoms with van der Waals surface area (Å²) in [6, 6.07) is 0.755. The highest BCUT2D eigenvalue weighted by molar-refractivity contribution is 5.01. The van der Waals surface area contributed by atoms with Gasteiger partial charge in [0.1, 0.15) is 5.82 Å². The van der Waals surface area contributed by atoms with Crippen LogP contribution >= 0.6 is 0 Å². The first kappa shape index (κ1) is 7.84. The van der Waals surface area contributed by atoms with E-state index in [9.17, 15) is 0 Å². The highest BCUT2D eigenvalue weighted by Crippen LogP contribution is 2.33. The maximum atomic E-state index is 4.38. The molecule has 0 unspecified atom stereocenters. The lowest BCUT2D eigenvalue weighted by Crippen LogP contribution is -2.19. The smallest absolute Gasteiger partial charge is 0.111 e. The Morgan fingerprint density at radius 2 is 2.25 bits per heavy atom. The van der Waals surface area contributed by atoms with Crippen LogP contribution in [0.3, 0.4) is 0 Å². The second-order valence-corrected chi connectivity index (χ2v) is 3.93. The van der Waals surface area contributed by atoms with Gasteiger partial charge >= 0.3 is 0 Å². The van der Waals surface area contributed by atoms with Crippen molar-refractivity contribution in [2.45, 2.75) is 45.1 Å². The van der Waals surface area contributed by atoms with Crippen molar-refractivity contribution in [3.8, 4) is 0 Å². The van der Waals surface area contributed by atoms with Crippen molar-refractivity contribution in [2.24, 2.45) is 0 Å². The Balaban J connectivity index is 2.23. The molecule has 2 heteroatoms. The first-order valence-corrected chi connectivity index (χ1v) is 4.82. The van der Waals surface area contributed by atoms with Gasteiger partial charge in [-0.1, -0.05) is 13.8 Å². The van der Waals surface area contributed by atoms with Gasteiger partial charge in [0.25, 0.3) is 0 Å². The van der Waals surface area contributed by atoms with E-state index >= 15 is 0 Å². The van der Waals surface area contributed by atoms with E-state index in [4.69, 9.17) is 0 Å². The molecule has 1 heterocycles. The van der Waals surface area contributed by atoms with Crippen molar-refractivity contribution >= 4 is 0 Å². The van der Waals surface area contributed by atoms with Crippen LogP contribution in [-0.2, 0) is 0 Å². The number of hydrogen-bond acceptors (Lipinski definition) is 1. The average Bonchev–Trinajstić information content (AvgIpc) is 2.31. The van der Waals surface area contributed by atoms with Crippen LogP contribution in [0, 0.1) is 0 Å². The van der Waals surface area contributed by atoms with Gasteiger partial charge in [-0.2, -0.15) is 0 Å². The van der Waals surface area contributed by atoms with Crippen molar-refractivity contribution < 1.29 is 0 Å². The monoisotopic (exact) mass is 164 g/mol. The zero-order chi connectivity index (χ0) is 8.55. The SMILES string of the molecule is CC(C)c1nccn1C1CCC1. The molecule has 0 amide bonds. The second-order valence-electron chi connectivity index (χ2n) is 3.93. The van der Waals surface area contributed by atoms with E-state index in [0.717, 1.165) is 6.04 Å². The van der Waals surface area contributed by atoms with Crippen LogP contribution in [-0.4, -0.2) is 9.55 Å². The molecule has 12 heavy (non-hydrogen) atoms. The minimum Gasteiger partial charge on any atom is -0.332 e. The molecule has 1 aromatic rings. The molecule has 0 spiro atoms. The Hall–Kier alpha value is -0.790. The van der Waals surface area contributed by atoms with Crippen LogP contribution in [0.15, 0.2) is 12.4 Å². The fourth-order valence-electron chi connectivity index (χ4n) is 1.75. The van der Waals surface area contributed by atoms with Gasteiger partial charge in [-0.3, -0.25) is 0 Å².